The lowest BCUT2D eigenvalue weighted by Crippen LogP contribution is -2.19. The maximum Gasteiger partial charge on any atom is 0.234 e. The van der Waals surface area contributed by atoms with Gasteiger partial charge in [-0.3, -0.25) is 9.59 Å². The van der Waals surface area contributed by atoms with Crippen LogP contribution in [0.2, 0.25) is 0 Å². The number of carbonyl (C=O) groups excluding carboxylic acids is 2. The summed E-state index contributed by atoms with van der Waals surface area (Å²) in [4.78, 5) is 25.0. The highest BCUT2D eigenvalue weighted by molar-refractivity contribution is 8.01. The maximum absolute atomic E-state index is 11.7. The Morgan fingerprint density at radius 1 is 0.526 bits per heavy atom. The van der Waals surface area contributed by atoms with Gasteiger partial charge in [-0.25, -0.2) is 8.61 Å². The van der Waals surface area contributed by atoms with Crippen molar-refractivity contribution in [1.82, 2.24) is 0 Å². The minimum atomic E-state index is -0.140. The summed E-state index contributed by atoms with van der Waals surface area (Å²) in [7, 11) is 0. The molecule has 8 nitrogen and oxygen atoms in total. The summed E-state index contributed by atoms with van der Waals surface area (Å²) < 4.78 is 3.01. The Hall–Kier alpha value is -4.28. The average molecular weight is 551 g/mol. The van der Waals surface area contributed by atoms with Crippen molar-refractivity contribution in [2.24, 2.45) is 0 Å². The molecule has 0 bridgehead atoms. The number of phenols is 4. The second-order valence-electron chi connectivity index (χ2n) is 7.83. The molecule has 2 amide bonds. The standard InChI is InChI=1S/2C14H13NO3S/c1-10(16)15(11-2-4-12(17)5-3-11)19-14-8-6-13(18)7-9-14;1-10(16)15(11-5-7-12(17)8-6-11)19-14-4-2-3-13(18)9-14/h2*2-9,17-18H,1H3. The molecule has 0 fully saturated rings. The third kappa shape index (κ3) is 8.39. The number of amides is 2. The molecule has 4 aromatic rings. The summed E-state index contributed by atoms with van der Waals surface area (Å²) in [6.07, 6.45) is 0. The Morgan fingerprint density at radius 2 is 0.921 bits per heavy atom. The van der Waals surface area contributed by atoms with Crippen molar-refractivity contribution in [2.75, 3.05) is 8.61 Å². The van der Waals surface area contributed by atoms with Crippen molar-refractivity contribution in [3.63, 3.8) is 0 Å². The Kier molecular flexibility index (Phi) is 9.92. The summed E-state index contributed by atoms with van der Waals surface area (Å²) in [6, 6.07) is 26.0. The monoisotopic (exact) mass is 550 g/mol. The number of nitrogens with zero attached hydrogens (tertiary/aromatic N) is 2. The predicted molar refractivity (Wildman–Crippen MR) is 150 cm³/mol. The van der Waals surface area contributed by atoms with E-state index in [4.69, 9.17) is 0 Å². The second-order valence-corrected chi connectivity index (χ2v) is 9.87. The summed E-state index contributed by atoms with van der Waals surface area (Å²) >= 11 is 2.47. The SMILES string of the molecule is CC(=O)N(Sc1ccc(O)cc1)c1ccc(O)cc1.CC(=O)N(Sc1cccc(O)c1)c1ccc(O)cc1. The first-order valence-electron chi connectivity index (χ1n) is 11.3. The van der Waals surface area contributed by atoms with Crippen molar-refractivity contribution in [1.29, 1.82) is 0 Å². The van der Waals surface area contributed by atoms with Gasteiger partial charge in [0, 0.05) is 23.6 Å². The van der Waals surface area contributed by atoms with Crippen LogP contribution in [0.4, 0.5) is 11.4 Å². The Balaban J connectivity index is 0.000000211. The average Bonchev–Trinajstić information content (AvgIpc) is 2.88. The Morgan fingerprint density at radius 3 is 1.32 bits per heavy atom. The van der Waals surface area contributed by atoms with Crippen LogP contribution in [0.1, 0.15) is 13.8 Å². The highest BCUT2D eigenvalue weighted by atomic mass is 32.2. The molecule has 0 radical (unpaired) electrons. The summed E-state index contributed by atoms with van der Waals surface area (Å²) in [5.41, 5.74) is 1.35. The fourth-order valence-electron chi connectivity index (χ4n) is 3.03. The zero-order chi connectivity index (χ0) is 27.7. The first kappa shape index (κ1) is 28.3. The van der Waals surface area contributed by atoms with Gasteiger partial charge in [-0.2, -0.15) is 0 Å². The number of benzene rings is 4. The number of hydrogen-bond acceptors (Lipinski definition) is 8. The zero-order valence-electron chi connectivity index (χ0n) is 20.6. The number of anilines is 2. The predicted octanol–water partition coefficient (Wildman–Crippen LogP) is 6.32. The van der Waals surface area contributed by atoms with Crippen LogP contribution in [0, 0.1) is 0 Å². The van der Waals surface area contributed by atoms with E-state index in [2.05, 4.69) is 0 Å². The molecule has 0 atom stereocenters. The highest BCUT2D eigenvalue weighted by Crippen LogP contribution is 2.32. The molecule has 4 aromatic carbocycles. The van der Waals surface area contributed by atoms with Crippen LogP contribution < -0.4 is 8.61 Å². The molecular weight excluding hydrogens is 524 g/mol. The molecule has 0 aliphatic rings. The van der Waals surface area contributed by atoms with Crippen LogP contribution in [0.15, 0.2) is 107 Å². The van der Waals surface area contributed by atoms with E-state index in [9.17, 15) is 30.0 Å². The van der Waals surface area contributed by atoms with E-state index in [-0.39, 0.29) is 34.8 Å². The molecule has 196 valence electrons. The molecule has 0 unspecified atom stereocenters. The highest BCUT2D eigenvalue weighted by Gasteiger charge is 2.14. The van der Waals surface area contributed by atoms with Crippen LogP contribution in [-0.4, -0.2) is 32.2 Å². The van der Waals surface area contributed by atoms with Crippen molar-refractivity contribution < 1.29 is 30.0 Å². The zero-order valence-corrected chi connectivity index (χ0v) is 22.2. The van der Waals surface area contributed by atoms with Gasteiger partial charge in [0.05, 0.1) is 11.4 Å². The normalized spacial score (nSPS) is 10.2. The van der Waals surface area contributed by atoms with Crippen molar-refractivity contribution in [3.05, 3.63) is 97.1 Å². The number of rotatable bonds is 6. The molecule has 4 N–H and O–H groups in total. The van der Waals surface area contributed by atoms with Crippen LogP contribution in [-0.2, 0) is 9.59 Å². The van der Waals surface area contributed by atoms with Gasteiger partial charge in [0.1, 0.15) is 23.0 Å². The molecule has 0 heterocycles. The third-order valence-corrected chi connectivity index (χ3v) is 7.04. The van der Waals surface area contributed by atoms with E-state index in [1.807, 2.05) is 0 Å². The molecule has 0 aromatic heterocycles. The van der Waals surface area contributed by atoms with Gasteiger partial charge in [0.2, 0.25) is 11.8 Å². The van der Waals surface area contributed by atoms with Crippen LogP contribution in [0.25, 0.3) is 0 Å². The van der Waals surface area contributed by atoms with Gasteiger partial charge in [-0.1, -0.05) is 6.07 Å². The third-order valence-electron chi connectivity index (χ3n) is 4.79. The van der Waals surface area contributed by atoms with Crippen molar-refractivity contribution >= 4 is 47.1 Å². The topological polar surface area (TPSA) is 122 Å². The molecule has 10 heteroatoms. The van der Waals surface area contributed by atoms with E-state index >= 15 is 0 Å². The van der Waals surface area contributed by atoms with Gasteiger partial charge in [0.25, 0.3) is 0 Å². The molecule has 0 aliphatic carbocycles. The van der Waals surface area contributed by atoms with E-state index in [0.717, 1.165) is 9.79 Å². The number of hydrogen-bond donors (Lipinski definition) is 4. The quantitative estimate of drug-likeness (QED) is 0.206. The minimum absolute atomic E-state index is 0.122. The first-order chi connectivity index (χ1) is 18.1. The van der Waals surface area contributed by atoms with Crippen molar-refractivity contribution in [2.45, 2.75) is 23.6 Å². The Bertz CT molecular complexity index is 1360. The molecule has 0 saturated carbocycles. The van der Waals surface area contributed by atoms with Gasteiger partial charge in [0.15, 0.2) is 0 Å². The minimum Gasteiger partial charge on any atom is -0.508 e. The summed E-state index contributed by atoms with van der Waals surface area (Å²) in [5, 5.41) is 37.2. The maximum atomic E-state index is 11.7. The first-order valence-corrected chi connectivity index (χ1v) is 12.8. The Labute approximate surface area is 229 Å². The molecule has 4 rings (SSSR count). The fourth-order valence-corrected chi connectivity index (χ4v) is 4.74. The molecule has 0 saturated heterocycles. The molecular formula is C28H26N2O6S2. The van der Waals surface area contributed by atoms with Crippen LogP contribution in [0.3, 0.4) is 0 Å². The van der Waals surface area contributed by atoms with Crippen LogP contribution >= 0.6 is 23.9 Å². The summed E-state index contributed by atoms with van der Waals surface area (Å²) in [6.45, 7) is 2.93. The lowest BCUT2D eigenvalue weighted by molar-refractivity contribution is -0.116. The molecule has 38 heavy (non-hydrogen) atoms. The lowest BCUT2D eigenvalue weighted by atomic mass is 10.3. The van der Waals surface area contributed by atoms with E-state index in [1.165, 1.54) is 70.6 Å². The summed E-state index contributed by atoms with van der Waals surface area (Å²) in [5.74, 6) is 0.377. The smallest absolute Gasteiger partial charge is 0.234 e. The number of phenolic OH excluding ortho intramolecular Hbond substituents is 4. The van der Waals surface area contributed by atoms with Gasteiger partial charge in [-0.15, -0.1) is 0 Å². The fraction of sp³-hybridized carbons (Fsp3) is 0.0714. The van der Waals surface area contributed by atoms with Crippen LogP contribution in [0.5, 0.6) is 23.0 Å². The molecule has 0 spiro atoms. The van der Waals surface area contributed by atoms with E-state index in [0.29, 0.717) is 11.4 Å². The number of aromatic hydroxyl groups is 4. The lowest BCUT2D eigenvalue weighted by Gasteiger charge is -2.19. The van der Waals surface area contributed by atoms with Gasteiger partial charge >= 0.3 is 0 Å². The van der Waals surface area contributed by atoms with Crippen molar-refractivity contribution in [3.8, 4) is 23.0 Å². The second kappa shape index (κ2) is 13.3. The van der Waals surface area contributed by atoms with Gasteiger partial charge < -0.3 is 20.4 Å². The van der Waals surface area contributed by atoms with Gasteiger partial charge in [-0.05, 0) is 115 Å². The molecule has 0 aliphatic heterocycles. The number of carbonyl (C=O) groups is 2. The largest absolute Gasteiger partial charge is 0.508 e. The van der Waals surface area contributed by atoms with E-state index < -0.39 is 0 Å². The van der Waals surface area contributed by atoms with E-state index in [1.54, 1.807) is 72.8 Å².